The number of carbonyl (C=O) groups is 1. The third kappa shape index (κ3) is 4.42. The van der Waals surface area contributed by atoms with Crippen LogP contribution >= 0.6 is 11.8 Å². The molecule has 7 heteroatoms. The largest absolute Gasteiger partial charge is 0.335 e. The molecule has 0 bridgehead atoms. The molecule has 1 aromatic heterocycles. The van der Waals surface area contributed by atoms with E-state index in [1.807, 2.05) is 15.7 Å². The van der Waals surface area contributed by atoms with Crippen molar-refractivity contribution in [2.24, 2.45) is 0 Å². The highest BCUT2D eigenvalue weighted by Crippen LogP contribution is 2.23. The molecule has 0 spiro atoms. The Morgan fingerprint density at radius 1 is 1.10 bits per heavy atom. The van der Waals surface area contributed by atoms with Crippen molar-refractivity contribution < 1.29 is 9.18 Å². The molecular formula is C23H25FN4OS. The van der Waals surface area contributed by atoms with Gasteiger partial charge in [-0.25, -0.2) is 9.37 Å². The summed E-state index contributed by atoms with van der Waals surface area (Å²) in [6.45, 7) is 6.02. The highest BCUT2D eigenvalue weighted by Gasteiger charge is 2.26. The molecule has 5 nitrogen and oxygen atoms in total. The molecule has 1 amide bonds. The predicted octanol–water partition coefficient (Wildman–Crippen LogP) is 4.00. The van der Waals surface area contributed by atoms with Crippen molar-refractivity contribution in [3.05, 3.63) is 77.4 Å². The van der Waals surface area contributed by atoms with E-state index in [0.29, 0.717) is 23.9 Å². The summed E-state index contributed by atoms with van der Waals surface area (Å²) in [5, 5.41) is 0.711. The van der Waals surface area contributed by atoms with Crippen LogP contribution in [-0.2, 0) is 6.54 Å². The molecular weight excluding hydrogens is 399 g/mol. The first-order valence-corrected chi connectivity index (χ1v) is 11.2. The summed E-state index contributed by atoms with van der Waals surface area (Å²) in [4.78, 5) is 21.9. The Balaban J connectivity index is 1.47. The first kappa shape index (κ1) is 20.6. The number of halogens is 1. The summed E-state index contributed by atoms with van der Waals surface area (Å²) in [6.07, 6.45) is 3.54. The van der Waals surface area contributed by atoms with Crippen LogP contribution in [0.2, 0.25) is 0 Å². The number of rotatable bonds is 5. The molecule has 2 heterocycles. The zero-order valence-corrected chi connectivity index (χ0v) is 18.0. The average molecular weight is 425 g/mol. The van der Waals surface area contributed by atoms with Gasteiger partial charge in [-0.05, 0) is 43.0 Å². The fourth-order valence-electron chi connectivity index (χ4n) is 3.81. The number of aryl methyl sites for hydroxylation is 1. The molecule has 4 rings (SSSR count). The minimum absolute atomic E-state index is 0.0395. The molecule has 0 unspecified atom stereocenters. The van der Waals surface area contributed by atoms with Gasteiger partial charge in [0.25, 0.3) is 5.91 Å². The first-order valence-electron chi connectivity index (χ1n) is 10.00. The summed E-state index contributed by atoms with van der Waals surface area (Å²) < 4.78 is 15.2. The Labute approximate surface area is 180 Å². The molecule has 3 aromatic rings. The molecule has 0 aliphatic carbocycles. The predicted molar refractivity (Wildman–Crippen MR) is 118 cm³/mol. The van der Waals surface area contributed by atoms with Gasteiger partial charge in [0.05, 0.1) is 6.20 Å². The third-order valence-electron chi connectivity index (χ3n) is 5.36. The van der Waals surface area contributed by atoms with Crippen molar-refractivity contribution in [2.75, 3.05) is 32.4 Å². The van der Waals surface area contributed by atoms with Crippen molar-refractivity contribution >= 4 is 17.7 Å². The highest BCUT2D eigenvalue weighted by atomic mass is 32.2. The fraction of sp³-hybridized carbons (Fsp3) is 0.304. The average Bonchev–Trinajstić information content (AvgIpc) is 3.18. The zero-order chi connectivity index (χ0) is 21.1. The Morgan fingerprint density at radius 2 is 1.83 bits per heavy atom. The summed E-state index contributed by atoms with van der Waals surface area (Å²) in [5.74, 6) is -0.343. The van der Waals surface area contributed by atoms with E-state index in [9.17, 15) is 9.18 Å². The molecule has 1 aliphatic heterocycles. The lowest BCUT2D eigenvalue weighted by Crippen LogP contribution is -2.48. The number of thioether (sulfide) groups is 1. The number of piperazine rings is 1. The summed E-state index contributed by atoms with van der Waals surface area (Å²) in [7, 11) is 0. The van der Waals surface area contributed by atoms with E-state index < -0.39 is 0 Å². The number of aromatic nitrogens is 2. The molecule has 0 N–H and O–H groups in total. The number of carbonyl (C=O) groups excluding carboxylic acids is 1. The van der Waals surface area contributed by atoms with Gasteiger partial charge in [-0.2, -0.15) is 0 Å². The van der Waals surface area contributed by atoms with Crippen LogP contribution < -0.4 is 0 Å². The van der Waals surface area contributed by atoms with E-state index >= 15 is 0 Å². The van der Waals surface area contributed by atoms with Gasteiger partial charge < -0.3 is 4.90 Å². The van der Waals surface area contributed by atoms with E-state index in [4.69, 9.17) is 0 Å². The lowest BCUT2D eigenvalue weighted by Gasteiger charge is -2.34. The maximum atomic E-state index is 13.4. The van der Waals surface area contributed by atoms with Gasteiger partial charge in [-0.1, -0.05) is 41.6 Å². The number of nitrogens with zero attached hydrogens (tertiary/aromatic N) is 4. The smallest absolute Gasteiger partial charge is 0.272 e. The molecule has 156 valence electrons. The standard InChI is InChI=1S/C23H25FN4OS/c1-17-4-3-5-18(14-17)16-26-10-12-27(13-11-26)22(29)21-15-25-23(30-2)28(21)20-8-6-19(24)7-9-20/h3-9,14-15H,10-13,16H2,1-2H3. The highest BCUT2D eigenvalue weighted by molar-refractivity contribution is 7.98. The number of amides is 1. The van der Waals surface area contributed by atoms with Gasteiger partial charge in [0.2, 0.25) is 0 Å². The van der Waals surface area contributed by atoms with E-state index in [1.165, 1.54) is 35.0 Å². The van der Waals surface area contributed by atoms with E-state index in [2.05, 4.69) is 41.1 Å². The SMILES string of the molecule is CSc1ncc(C(=O)N2CCN(Cc3cccc(C)c3)CC2)n1-c1ccc(F)cc1. The molecule has 0 atom stereocenters. The summed E-state index contributed by atoms with van der Waals surface area (Å²) in [6, 6.07) is 14.7. The monoisotopic (exact) mass is 424 g/mol. The van der Waals surface area contributed by atoms with Crippen LogP contribution in [0.5, 0.6) is 0 Å². The number of benzene rings is 2. The topological polar surface area (TPSA) is 41.4 Å². The zero-order valence-electron chi connectivity index (χ0n) is 17.2. The maximum Gasteiger partial charge on any atom is 0.272 e. The summed E-state index contributed by atoms with van der Waals surface area (Å²) in [5.41, 5.74) is 3.81. The van der Waals surface area contributed by atoms with Gasteiger partial charge in [0.15, 0.2) is 5.16 Å². The molecule has 1 fully saturated rings. The summed E-state index contributed by atoms with van der Waals surface area (Å²) >= 11 is 1.46. The molecule has 30 heavy (non-hydrogen) atoms. The maximum absolute atomic E-state index is 13.4. The van der Waals surface area contributed by atoms with Crippen LogP contribution in [0.25, 0.3) is 5.69 Å². The van der Waals surface area contributed by atoms with Gasteiger partial charge in [0.1, 0.15) is 11.5 Å². The molecule has 0 saturated carbocycles. The van der Waals surface area contributed by atoms with Crippen LogP contribution in [0.4, 0.5) is 4.39 Å². The Bertz CT molecular complexity index is 1030. The number of hydrogen-bond donors (Lipinski definition) is 0. The van der Waals surface area contributed by atoms with Gasteiger partial charge in [0, 0.05) is 38.4 Å². The van der Waals surface area contributed by atoms with Crippen molar-refractivity contribution in [1.29, 1.82) is 0 Å². The minimum Gasteiger partial charge on any atom is -0.335 e. The van der Waals surface area contributed by atoms with Crippen LogP contribution in [0.3, 0.4) is 0 Å². The van der Waals surface area contributed by atoms with Gasteiger partial charge in [-0.3, -0.25) is 14.3 Å². The van der Waals surface area contributed by atoms with Crippen molar-refractivity contribution in [1.82, 2.24) is 19.4 Å². The van der Waals surface area contributed by atoms with E-state index in [-0.39, 0.29) is 11.7 Å². The van der Waals surface area contributed by atoms with Crippen LogP contribution in [0, 0.1) is 12.7 Å². The molecule has 2 aromatic carbocycles. The first-order chi connectivity index (χ1) is 14.5. The van der Waals surface area contributed by atoms with Crippen LogP contribution in [0.15, 0.2) is 59.9 Å². The van der Waals surface area contributed by atoms with Gasteiger partial charge >= 0.3 is 0 Å². The molecule has 1 aliphatic rings. The number of hydrogen-bond acceptors (Lipinski definition) is 4. The van der Waals surface area contributed by atoms with Crippen molar-refractivity contribution in [3.8, 4) is 5.69 Å². The number of imidazole rings is 1. The second kappa shape index (κ2) is 9.02. The second-order valence-electron chi connectivity index (χ2n) is 7.50. The normalized spacial score (nSPS) is 14.8. The Hall–Kier alpha value is -2.64. The quantitative estimate of drug-likeness (QED) is 0.581. The third-order valence-corrected chi connectivity index (χ3v) is 6.02. The fourth-order valence-corrected chi connectivity index (χ4v) is 4.35. The van der Waals surface area contributed by atoms with Gasteiger partial charge in [-0.15, -0.1) is 0 Å². The molecule has 1 saturated heterocycles. The van der Waals surface area contributed by atoms with Crippen molar-refractivity contribution in [2.45, 2.75) is 18.6 Å². The molecule has 0 radical (unpaired) electrons. The lowest BCUT2D eigenvalue weighted by atomic mass is 10.1. The second-order valence-corrected chi connectivity index (χ2v) is 8.27. The minimum atomic E-state index is -0.304. The van der Waals surface area contributed by atoms with Crippen LogP contribution in [-0.4, -0.2) is 57.7 Å². The van der Waals surface area contributed by atoms with E-state index in [0.717, 1.165) is 25.3 Å². The van der Waals surface area contributed by atoms with E-state index in [1.54, 1.807) is 18.3 Å². The van der Waals surface area contributed by atoms with Crippen molar-refractivity contribution in [3.63, 3.8) is 0 Å². The Kier molecular flexibility index (Phi) is 6.20. The lowest BCUT2D eigenvalue weighted by molar-refractivity contribution is 0.0620. The Morgan fingerprint density at radius 3 is 2.50 bits per heavy atom. The van der Waals surface area contributed by atoms with Crippen LogP contribution in [0.1, 0.15) is 21.6 Å².